The Kier molecular flexibility index (Phi) is 4.27. The molecule has 1 aliphatic rings. The van der Waals surface area contributed by atoms with Gasteiger partial charge in [0.2, 0.25) is 5.91 Å². The first-order valence-electron chi connectivity index (χ1n) is 8.14. The van der Waals surface area contributed by atoms with Crippen LogP contribution in [0.4, 0.5) is 5.13 Å². The van der Waals surface area contributed by atoms with E-state index < -0.39 is 0 Å². The highest BCUT2D eigenvalue weighted by Crippen LogP contribution is 2.21. The second-order valence-electron chi connectivity index (χ2n) is 6.08. The topological polar surface area (TPSA) is 73.9 Å². The van der Waals surface area contributed by atoms with Crippen molar-refractivity contribution in [3.63, 3.8) is 0 Å². The summed E-state index contributed by atoms with van der Waals surface area (Å²) >= 11 is 1.45. The zero-order valence-corrected chi connectivity index (χ0v) is 14.1. The van der Waals surface area contributed by atoms with Crippen molar-refractivity contribution in [2.75, 3.05) is 18.4 Å². The minimum absolute atomic E-state index is 0.0702. The van der Waals surface area contributed by atoms with Crippen LogP contribution < -0.4 is 5.32 Å². The molecule has 4 rings (SSSR count). The second kappa shape index (κ2) is 6.70. The van der Waals surface area contributed by atoms with Crippen molar-refractivity contribution in [2.45, 2.75) is 19.4 Å². The lowest BCUT2D eigenvalue weighted by atomic mass is 9.96. The molecule has 1 amide bonds. The summed E-state index contributed by atoms with van der Waals surface area (Å²) in [4.78, 5) is 26.7. The number of rotatable bonds is 4. The molecule has 6 nitrogen and oxygen atoms in total. The molecule has 0 spiro atoms. The van der Waals surface area contributed by atoms with Gasteiger partial charge >= 0.3 is 0 Å². The van der Waals surface area contributed by atoms with Crippen LogP contribution in [-0.2, 0) is 11.3 Å². The maximum absolute atomic E-state index is 12.3. The zero-order valence-electron chi connectivity index (χ0n) is 13.2. The van der Waals surface area contributed by atoms with Gasteiger partial charge in [-0.15, -0.1) is 11.3 Å². The number of fused-ring (bicyclic) bond motifs is 1. The molecule has 24 heavy (non-hydrogen) atoms. The van der Waals surface area contributed by atoms with Gasteiger partial charge in [-0.05, 0) is 38.1 Å². The number of nitrogens with zero attached hydrogens (tertiary/aromatic N) is 3. The molecule has 124 valence electrons. The lowest BCUT2D eigenvalue weighted by molar-refractivity contribution is -0.121. The molecule has 0 radical (unpaired) electrons. The van der Waals surface area contributed by atoms with Crippen molar-refractivity contribution in [3.8, 4) is 0 Å². The van der Waals surface area contributed by atoms with Crippen LogP contribution in [0.3, 0.4) is 0 Å². The largest absolute Gasteiger partial charge is 0.341 e. The van der Waals surface area contributed by atoms with Crippen LogP contribution in [0.15, 0.2) is 35.8 Å². The smallest absolute Gasteiger partial charge is 0.229 e. The highest BCUT2D eigenvalue weighted by Gasteiger charge is 2.25. The van der Waals surface area contributed by atoms with Crippen molar-refractivity contribution in [1.82, 2.24) is 19.9 Å². The van der Waals surface area contributed by atoms with Crippen LogP contribution in [0.5, 0.6) is 0 Å². The molecule has 2 N–H and O–H groups in total. The number of thiazole rings is 1. The Bertz CT molecular complexity index is 788. The average molecular weight is 341 g/mol. The standard InChI is InChI=1S/C17H19N5OS/c23-16(21-17-18-7-10-24-17)12-5-8-22(9-6-12)11-15-19-13-3-1-2-4-14(13)20-15/h1-4,7,10,12H,5-6,8-9,11H2,(H,19,20)(H,18,21,23). The number of aromatic nitrogens is 3. The van der Waals surface area contributed by atoms with E-state index in [4.69, 9.17) is 0 Å². The highest BCUT2D eigenvalue weighted by atomic mass is 32.1. The number of likely N-dealkylation sites (tertiary alicyclic amines) is 1. The van der Waals surface area contributed by atoms with E-state index in [0.29, 0.717) is 5.13 Å². The quantitative estimate of drug-likeness (QED) is 0.765. The SMILES string of the molecule is O=C(Nc1nccs1)C1CCN(Cc2nc3ccccc3[nH]2)CC1. The summed E-state index contributed by atoms with van der Waals surface area (Å²) in [5.74, 6) is 1.15. The van der Waals surface area contributed by atoms with Crippen LogP contribution in [-0.4, -0.2) is 38.8 Å². The molecule has 1 aliphatic heterocycles. The number of carbonyl (C=O) groups is 1. The monoisotopic (exact) mass is 341 g/mol. The average Bonchev–Trinajstić information content (AvgIpc) is 3.24. The highest BCUT2D eigenvalue weighted by molar-refractivity contribution is 7.13. The number of carbonyl (C=O) groups excluding carboxylic acids is 1. The fourth-order valence-electron chi connectivity index (χ4n) is 3.14. The van der Waals surface area contributed by atoms with Gasteiger partial charge in [-0.1, -0.05) is 12.1 Å². The zero-order chi connectivity index (χ0) is 16.4. The van der Waals surface area contributed by atoms with E-state index in [2.05, 4.69) is 25.2 Å². The fourth-order valence-corrected chi connectivity index (χ4v) is 3.67. The lowest BCUT2D eigenvalue weighted by Crippen LogP contribution is -2.37. The van der Waals surface area contributed by atoms with E-state index in [1.807, 2.05) is 29.6 Å². The van der Waals surface area contributed by atoms with Gasteiger partial charge in [0, 0.05) is 17.5 Å². The number of nitrogens with one attached hydrogen (secondary N) is 2. The molecular formula is C17H19N5OS. The number of H-pyrrole nitrogens is 1. The number of para-hydroxylation sites is 2. The van der Waals surface area contributed by atoms with Crippen LogP contribution in [0, 0.1) is 5.92 Å². The number of piperidine rings is 1. The van der Waals surface area contributed by atoms with Gasteiger partial charge in [-0.25, -0.2) is 9.97 Å². The van der Waals surface area contributed by atoms with E-state index in [1.54, 1.807) is 6.20 Å². The van der Waals surface area contributed by atoms with Gasteiger partial charge < -0.3 is 10.3 Å². The molecule has 3 aromatic rings. The minimum atomic E-state index is 0.0702. The molecule has 7 heteroatoms. The summed E-state index contributed by atoms with van der Waals surface area (Å²) in [6.45, 7) is 2.62. The van der Waals surface area contributed by atoms with Gasteiger partial charge in [-0.3, -0.25) is 9.69 Å². The molecule has 0 atom stereocenters. The number of aromatic amines is 1. The molecule has 1 fully saturated rings. The van der Waals surface area contributed by atoms with Gasteiger partial charge in [0.1, 0.15) is 5.82 Å². The number of anilines is 1. The molecule has 2 aromatic heterocycles. The molecule has 1 saturated heterocycles. The Morgan fingerprint density at radius 2 is 2.17 bits per heavy atom. The first kappa shape index (κ1) is 15.3. The molecule has 0 aliphatic carbocycles. The Hall–Kier alpha value is -2.25. The summed E-state index contributed by atoms with van der Waals surface area (Å²) in [5.41, 5.74) is 2.08. The van der Waals surface area contributed by atoms with Gasteiger partial charge in [-0.2, -0.15) is 0 Å². The fraction of sp³-hybridized carbons (Fsp3) is 0.353. The molecule has 0 bridgehead atoms. The number of amides is 1. The predicted molar refractivity (Wildman–Crippen MR) is 94.8 cm³/mol. The van der Waals surface area contributed by atoms with Crippen LogP contribution in [0.2, 0.25) is 0 Å². The Balaban J connectivity index is 1.31. The Morgan fingerprint density at radius 3 is 2.92 bits per heavy atom. The van der Waals surface area contributed by atoms with Gasteiger partial charge in [0.05, 0.1) is 17.6 Å². The summed E-state index contributed by atoms with van der Waals surface area (Å²) in [6.07, 6.45) is 3.45. The second-order valence-corrected chi connectivity index (χ2v) is 6.97. The number of imidazole rings is 1. The number of hydrogen-bond acceptors (Lipinski definition) is 5. The normalized spacial score (nSPS) is 16.5. The summed E-state index contributed by atoms with van der Waals surface area (Å²) < 4.78 is 0. The van der Waals surface area contributed by atoms with Crippen molar-refractivity contribution in [1.29, 1.82) is 0 Å². The van der Waals surface area contributed by atoms with E-state index in [-0.39, 0.29) is 11.8 Å². The maximum atomic E-state index is 12.3. The molecule has 1 aromatic carbocycles. The van der Waals surface area contributed by atoms with Crippen LogP contribution in [0.1, 0.15) is 18.7 Å². The summed E-state index contributed by atoms with van der Waals surface area (Å²) in [5, 5.41) is 5.46. The number of hydrogen-bond donors (Lipinski definition) is 2. The van der Waals surface area contributed by atoms with Crippen molar-refractivity contribution in [2.24, 2.45) is 5.92 Å². The van der Waals surface area contributed by atoms with E-state index >= 15 is 0 Å². The Morgan fingerprint density at radius 1 is 1.33 bits per heavy atom. The molecule has 0 saturated carbocycles. The maximum Gasteiger partial charge on any atom is 0.229 e. The molecule has 0 unspecified atom stereocenters. The minimum Gasteiger partial charge on any atom is -0.341 e. The van der Waals surface area contributed by atoms with Crippen molar-refractivity contribution >= 4 is 33.4 Å². The number of benzene rings is 1. The third kappa shape index (κ3) is 3.32. The van der Waals surface area contributed by atoms with Crippen LogP contribution >= 0.6 is 11.3 Å². The van der Waals surface area contributed by atoms with Gasteiger partial charge in [0.25, 0.3) is 0 Å². The Labute approximate surface area is 143 Å². The van der Waals surface area contributed by atoms with E-state index in [1.165, 1.54) is 11.3 Å². The summed E-state index contributed by atoms with van der Waals surface area (Å²) in [6, 6.07) is 8.07. The predicted octanol–water partition coefficient (Wildman–Crippen LogP) is 2.87. The van der Waals surface area contributed by atoms with E-state index in [9.17, 15) is 4.79 Å². The third-order valence-corrected chi connectivity index (χ3v) is 5.12. The van der Waals surface area contributed by atoms with Crippen LogP contribution in [0.25, 0.3) is 11.0 Å². The first-order valence-corrected chi connectivity index (χ1v) is 9.02. The van der Waals surface area contributed by atoms with Gasteiger partial charge in [0.15, 0.2) is 5.13 Å². The van der Waals surface area contributed by atoms with Crippen molar-refractivity contribution < 1.29 is 4.79 Å². The molecule has 3 heterocycles. The van der Waals surface area contributed by atoms with E-state index in [0.717, 1.165) is 49.3 Å². The lowest BCUT2D eigenvalue weighted by Gasteiger charge is -2.30. The van der Waals surface area contributed by atoms with Crippen molar-refractivity contribution in [3.05, 3.63) is 41.7 Å². The third-order valence-electron chi connectivity index (χ3n) is 4.43. The molecular weight excluding hydrogens is 322 g/mol. The first-order chi connectivity index (χ1) is 11.8. The summed E-state index contributed by atoms with van der Waals surface area (Å²) in [7, 11) is 0.